The molecule has 0 aliphatic heterocycles. The minimum Gasteiger partial charge on any atom is -0.383 e. The predicted molar refractivity (Wildman–Crippen MR) is 96.2 cm³/mol. The van der Waals surface area contributed by atoms with E-state index in [0.717, 1.165) is 39.1 Å². The maximum Gasteiger partial charge on any atom is 0.142 e. The lowest BCUT2D eigenvalue weighted by atomic mass is 9.91. The predicted octanol–water partition coefficient (Wildman–Crippen LogP) is 4.19. The highest BCUT2D eigenvalue weighted by Gasteiger charge is 2.17. The molecule has 4 heteroatoms. The number of aromatic nitrogens is 2. The van der Waals surface area contributed by atoms with Crippen molar-refractivity contribution in [1.29, 1.82) is 5.26 Å². The molecular formula is C20H18N4. The van der Waals surface area contributed by atoms with Gasteiger partial charge in [0.05, 0.1) is 11.3 Å². The number of nitrogens with zero attached hydrogens (tertiary/aromatic N) is 3. The molecule has 0 unspecified atom stereocenters. The van der Waals surface area contributed by atoms with Gasteiger partial charge in [0, 0.05) is 23.5 Å². The first-order valence-corrected chi connectivity index (χ1v) is 7.71. The van der Waals surface area contributed by atoms with Crippen LogP contribution in [0.2, 0.25) is 0 Å². The summed E-state index contributed by atoms with van der Waals surface area (Å²) in [6.07, 6.45) is 3.65. The highest BCUT2D eigenvalue weighted by molar-refractivity contribution is 5.87. The Morgan fingerprint density at radius 3 is 2.25 bits per heavy atom. The number of rotatable bonds is 2. The number of nitrogen functional groups attached to an aromatic ring is 1. The van der Waals surface area contributed by atoms with Crippen molar-refractivity contribution in [3.05, 3.63) is 65.0 Å². The lowest BCUT2D eigenvalue weighted by molar-refractivity contribution is 1.21. The van der Waals surface area contributed by atoms with Crippen molar-refractivity contribution in [1.82, 2.24) is 9.97 Å². The Morgan fingerprint density at radius 2 is 1.62 bits per heavy atom. The standard InChI is InChI=1S/C20H18N4/c1-12-6-4-5-7-16(12)19-17(8-15(9-21)20(22)24-19)18-13(2)10-23-11-14(18)3/h4-8,10-11H,1-3H3,(H2,22,24). The molecule has 0 bridgehead atoms. The van der Waals surface area contributed by atoms with Gasteiger partial charge in [-0.15, -0.1) is 0 Å². The van der Waals surface area contributed by atoms with Crippen molar-refractivity contribution >= 4 is 5.82 Å². The Balaban J connectivity index is 2.41. The Hall–Kier alpha value is -3.19. The van der Waals surface area contributed by atoms with Crippen molar-refractivity contribution < 1.29 is 0 Å². The van der Waals surface area contributed by atoms with E-state index in [1.807, 2.05) is 63.5 Å². The Morgan fingerprint density at radius 1 is 0.958 bits per heavy atom. The van der Waals surface area contributed by atoms with Gasteiger partial charge in [-0.05, 0) is 49.1 Å². The van der Waals surface area contributed by atoms with Crippen LogP contribution in [0.4, 0.5) is 5.82 Å². The summed E-state index contributed by atoms with van der Waals surface area (Å²) >= 11 is 0. The first kappa shape index (κ1) is 15.7. The van der Waals surface area contributed by atoms with Crippen molar-refractivity contribution in [3.63, 3.8) is 0 Å². The molecule has 118 valence electrons. The summed E-state index contributed by atoms with van der Waals surface area (Å²) in [6, 6.07) is 12.0. The van der Waals surface area contributed by atoms with Crippen LogP contribution in [0, 0.1) is 32.1 Å². The van der Waals surface area contributed by atoms with Gasteiger partial charge in [0.15, 0.2) is 0 Å². The second-order valence-corrected chi connectivity index (χ2v) is 5.89. The first-order valence-electron chi connectivity index (χ1n) is 7.71. The third-order valence-corrected chi connectivity index (χ3v) is 4.17. The minimum atomic E-state index is 0.254. The molecule has 2 aromatic heterocycles. The molecular weight excluding hydrogens is 296 g/mol. The monoisotopic (exact) mass is 314 g/mol. The second kappa shape index (κ2) is 6.13. The number of benzene rings is 1. The molecule has 0 spiro atoms. The van der Waals surface area contributed by atoms with Gasteiger partial charge >= 0.3 is 0 Å². The van der Waals surface area contributed by atoms with Gasteiger partial charge in [0.1, 0.15) is 11.9 Å². The average Bonchev–Trinajstić information content (AvgIpc) is 2.56. The molecule has 0 atom stereocenters. The quantitative estimate of drug-likeness (QED) is 0.769. The zero-order chi connectivity index (χ0) is 17.3. The molecule has 3 rings (SSSR count). The fourth-order valence-corrected chi connectivity index (χ4v) is 2.98. The van der Waals surface area contributed by atoms with Crippen LogP contribution < -0.4 is 5.73 Å². The molecule has 2 heterocycles. The molecule has 0 aliphatic carbocycles. The number of pyridine rings is 2. The van der Waals surface area contributed by atoms with E-state index < -0.39 is 0 Å². The number of hydrogen-bond acceptors (Lipinski definition) is 4. The van der Waals surface area contributed by atoms with E-state index >= 15 is 0 Å². The maximum absolute atomic E-state index is 9.36. The number of hydrogen-bond donors (Lipinski definition) is 1. The molecule has 0 amide bonds. The SMILES string of the molecule is Cc1ccccc1-c1nc(N)c(C#N)cc1-c1c(C)cncc1C. The molecule has 4 nitrogen and oxygen atoms in total. The minimum absolute atomic E-state index is 0.254. The molecule has 0 radical (unpaired) electrons. The molecule has 24 heavy (non-hydrogen) atoms. The van der Waals surface area contributed by atoms with E-state index in [-0.39, 0.29) is 5.82 Å². The molecule has 0 aliphatic rings. The van der Waals surface area contributed by atoms with E-state index in [9.17, 15) is 5.26 Å². The summed E-state index contributed by atoms with van der Waals surface area (Å²) in [5.74, 6) is 0.254. The van der Waals surface area contributed by atoms with Gasteiger partial charge in [-0.2, -0.15) is 5.26 Å². The largest absolute Gasteiger partial charge is 0.383 e. The van der Waals surface area contributed by atoms with Crippen LogP contribution >= 0.6 is 0 Å². The normalized spacial score (nSPS) is 10.4. The van der Waals surface area contributed by atoms with E-state index in [2.05, 4.69) is 16.0 Å². The van der Waals surface area contributed by atoms with Crippen LogP contribution in [0.15, 0.2) is 42.7 Å². The van der Waals surface area contributed by atoms with Crippen LogP contribution in [-0.2, 0) is 0 Å². The van der Waals surface area contributed by atoms with E-state index in [4.69, 9.17) is 5.73 Å². The number of nitrogens with two attached hydrogens (primary N) is 1. The van der Waals surface area contributed by atoms with Gasteiger partial charge in [-0.25, -0.2) is 4.98 Å². The van der Waals surface area contributed by atoms with Gasteiger partial charge in [-0.3, -0.25) is 4.98 Å². The number of aryl methyl sites for hydroxylation is 3. The zero-order valence-electron chi connectivity index (χ0n) is 14.0. The molecule has 0 saturated heterocycles. The average molecular weight is 314 g/mol. The maximum atomic E-state index is 9.36. The molecule has 1 aromatic carbocycles. The molecule has 0 fully saturated rings. The summed E-state index contributed by atoms with van der Waals surface area (Å²) in [5, 5.41) is 9.36. The molecule has 0 saturated carbocycles. The van der Waals surface area contributed by atoms with E-state index in [0.29, 0.717) is 5.56 Å². The summed E-state index contributed by atoms with van der Waals surface area (Å²) in [4.78, 5) is 8.81. The third kappa shape index (κ3) is 2.61. The molecule has 2 N–H and O–H groups in total. The first-order chi connectivity index (χ1) is 11.5. The Kier molecular flexibility index (Phi) is 4.01. The summed E-state index contributed by atoms with van der Waals surface area (Å²) in [6.45, 7) is 6.07. The van der Waals surface area contributed by atoms with Crippen molar-refractivity contribution in [2.24, 2.45) is 0 Å². The Labute approximate surface area is 141 Å². The smallest absolute Gasteiger partial charge is 0.142 e. The van der Waals surface area contributed by atoms with Crippen molar-refractivity contribution in [2.75, 3.05) is 5.73 Å². The Bertz CT molecular complexity index is 948. The third-order valence-electron chi connectivity index (χ3n) is 4.17. The van der Waals surface area contributed by atoms with Crippen LogP contribution in [0.25, 0.3) is 22.4 Å². The number of anilines is 1. The highest BCUT2D eigenvalue weighted by Crippen LogP contribution is 2.37. The fraction of sp³-hybridized carbons (Fsp3) is 0.150. The van der Waals surface area contributed by atoms with E-state index in [1.54, 1.807) is 0 Å². The lowest BCUT2D eigenvalue weighted by Gasteiger charge is -2.16. The van der Waals surface area contributed by atoms with Crippen molar-refractivity contribution in [3.8, 4) is 28.5 Å². The van der Waals surface area contributed by atoms with Crippen LogP contribution in [-0.4, -0.2) is 9.97 Å². The van der Waals surface area contributed by atoms with Gasteiger partial charge in [0.2, 0.25) is 0 Å². The topological polar surface area (TPSA) is 75.6 Å². The number of nitriles is 1. The van der Waals surface area contributed by atoms with E-state index in [1.165, 1.54) is 0 Å². The van der Waals surface area contributed by atoms with Crippen molar-refractivity contribution in [2.45, 2.75) is 20.8 Å². The van der Waals surface area contributed by atoms with Crippen LogP contribution in [0.3, 0.4) is 0 Å². The van der Waals surface area contributed by atoms with Crippen LogP contribution in [0.1, 0.15) is 22.3 Å². The summed E-state index contributed by atoms with van der Waals surface area (Å²) in [5.41, 5.74) is 13.3. The second-order valence-electron chi connectivity index (χ2n) is 5.89. The zero-order valence-corrected chi connectivity index (χ0v) is 14.0. The summed E-state index contributed by atoms with van der Waals surface area (Å²) in [7, 11) is 0. The van der Waals surface area contributed by atoms with Gasteiger partial charge < -0.3 is 5.73 Å². The molecule has 3 aromatic rings. The lowest BCUT2D eigenvalue weighted by Crippen LogP contribution is -2.02. The van der Waals surface area contributed by atoms with Gasteiger partial charge in [-0.1, -0.05) is 24.3 Å². The van der Waals surface area contributed by atoms with Gasteiger partial charge in [0.25, 0.3) is 0 Å². The summed E-state index contributed by atoms with van der Waals surface area (Å²) < 4.78 is 0. The highest BCUT2D eigenvalue weighted by atomic mass is 14.9. The fourth-order valence-electron chi connectivity index (χ4n) is 2.98. The van der Waals surface area contributed by atoms with Crippen LogP contribution in [0.5, 0.6) is 0 Å².